The number of nitrogens with one attached hydrogen (secondary N) is 1. The Morgan fingerprint density at radius 2 is 2.24 bits per heavy atom. The number of likely N-dealkylation sites (tertiary alicyclic amines) is 1. The topological polar surface area (TPSA) is 86.7 Å². The normalized spacial score (nSPS) is 21.2. The van der Waals surface area contributed by atoms with Crippen molar-refractivity contribution >= 4 is 22.8 Å². The molecule has 2 unspecified atom stereocenters. The summed E-state index contributed by atoms with van der Waals surface area (Å²) >= 11 is 0. The number of hydrogen-bond acceptors (Lipinski definition) is 3. The molecule has 1 rings (SSSR count). The monoisotopic (exact) mass is 262 g/mol. The third-order valence-electron chi connectivity index (χ3n) is 2.70. The first-order valence-electron chi connectivity index (χ1n) is 5.53. The van der Waals surface area contributed by atoms with Crippen LogP contribution in [0.5, 0.6) is 0 Å². The van der Waals surface area contributed by atoms with E-state index >= 15 is 0 Å². The van der Waals surface area contributed by atoms with Gasteiger partial charge < -0.3 is 15.3 Å². The van der Waals surface area contributed by atoms with Gasteiger partial charge in [-0.1, -0.05) is 0 Å². The summed E-state index contributed by atoms with van der Waals surface area (Å²) in [5.74, 6) is -0.324. The molecule has 2 N–H and O–H groups in total. The lowest BCUT2D eigenvalue weighted by atomic mass is 10.1. The number of hydrogen-bond donors (Lipinski definition) is 2. The average Bonchev–Trinajstić information content (AvgIpc) is 2.64. The van der Waals surface area contributed by atoms with Crippen LogP contribution in [0.2, 0.25) is 0 Å². The molecule has 0 aliphatic carbocycles. The van der Waals surface area contributed by atoms with Crippen LogP contribution in [0.15, 0.2) is 0 Å². The van der Waals surface area contributed by atoms with Crippen LogP contribution >= 0.6 is 0 Å². The van der Waals surface area contributed by atoms with E-state index in [-0.39, 0.29) is 18.4 Å². The zero-order chi connectivity index (χ0) is 12.8. The molecule has 0 aromatic heterocycles. The van der Waals surface area contributed by atoms with Gasteiger partial charge in [0.15, 0.2) is 0 Å². The molecule has 1 heterocycles. The predicted molar refractivity (Wildman–Crippen MR) is 64.3 cm³/mol. The third-order valence-corrected chi connectivity index (χ3v) is 3.48. The van der Waals surface area contributed by atoms with Gasteiger partial charge in [-0.05, 0) is 12.3 Å². The van der Waals surface area contributed by atoms with Crippen LogP contribution in [-0.4, -0.2) is 57.9 Å². The molecule has 2 atom stereocenters. The Morgan fingerprint density at radius 1 is 1.53 bits per heavy atom. The summed E-state index contributed by atoms with van der Waals surface area (Å²) in [5, 5.41) is 11.3. The molecule has 6 nitrogen and oxygen atoms in total. The Balaban J connectivity index is 2.25. The van der Waals surface area contributed by atoms with Gasteiger partial charge in [0.2, 0.25) is 0 Å². The molecule has 0 aromatic rings. The quantitative estimate of drug-likeness (QED) is 0.722. The minimum absolute atomic E-state index is 0.0542. The molecule has 98 valence electrons. The van der Waals surface area contributed by atoms with E-state index in [4.69, 9.17) is 5.11 Å². The molecule has 17 heavy (non-hydrogen) atoms. The fraction of sp³-hybridized carbons (Fsp3) is 0.800. The van der Waals surface area contributed by atoms with Gasteiger partial charge in [-0.25, -0.2) is 4.79 Å². The zero-order valence-corrected chi connectivity index (χ0v) is 10.7. The molecule has 2 amide bonds. The number of aliphatic carboxylic acids is 1. The van der Waals surface area contributed by atoms with Crippen LogP contribution in [0.1, 0.15) is 12.8 Å². The van der Waals surface area contributed by atoms with Crippen molar-refractivity contribution in [2.24, 2.45) is 5.92 Å². The molecule has 0 radical (unpaired) electrons. The summed E-state index contributed by atoms with van der Waals surface area (Å²) in [6.45, 7) is 1.48. The molecular weight excluding hydrogens is 244 g/mol. The van der Waals surface area contributed by atoms with Crippen molar-refractivity contribution in [3.05, 3.63) is 0 Å². The second-order valence-electron chi connectivity index (χ2n) is 4.21. The Bertz CT molecular complexity index is 321. The zero-order valence-electron chi connectivity index (χ0n) is 9.85. The van der Waals surface area contributed by atoms with E-state index in [2.05, 4.69) is 5.32 Å². The number of amides is 2. The molecule has 1 saturated heterocycles. The van der Waals surface area contributed by atoms with Gasteiger partial charge in [0, 0.05) is 48.9 Å². The fourth-order valence-electron chi connectivity index (χ4n) is 1.84. The number of carboxylic acids is 1. The summed E-state index contributed by atoms with van der Waals surface area (Å²) in [7, 11) is -0.909. The van der Waals surface area contributed by atoms with Crippen LogP contribution in [0, 0.1) is 5.92 Å². The average molecular weight is 262 g/mol. The number of carbonyl (C=O) groups is 2. The summed E-state index contributed by atoms with van der Waals surface area (Å²) in [6, 6.07) is -0.191. The minimum Gasteiger partial charge on any atom is -0.481 e. The Morgan fingerprint density at radius 3 is 2.82 bits per heavy atom. The number of carbonyl (C=O) groups excluding carboxylic acids is 1. The molecular formula is C10H18N2O4S. The standard InChI is InChI=1S/C10H18N2O4S/c1-17(16)5-3-11-10(15)12-4-2-8(7-12)6-9(13)14/h8H,2-7H2,1H3,(H,11,15)(H,13,14). The third kappa shape index (κ3) is 5.16. The Kier molecular flexibility index (Phi) is 5.40. The first-order chi connectivity index (χ1) is 7.99. The van der Waals surface area contributed by atoms with Crippen molar-refractivity contribution in [1.82, 2.24) is 10.2 Å². The molecule has 1 aliphatic heterocycles. The number of nitrogens with zero attached hydrogens (tertiary/aromatic N) is 1. The highest BCUT2D eigenvalue weighted by atomic mass is 32.2. The summed E-state index contributed by atoms with van der Waals surface area (Å²) in [5.41, 5.74) is 0. The highest BCUT2D eigenvalue weighted by Gasteiger charge is 2.27. The SMILES string of the molecule is CS(=O)CCNC(=O)N1CCC(CC(=O)O)C1. The van der Waals surface area contributed by atoms with Crippen molar-refractivity contribution in [1.29, 1.82) is 0 Å². The maximum Gasteiger partial charge on any atom is 0.317 e. The molecule has 0 aromatic carbocycles. The maximum atomic E-state index is 11.6. The van der Waals surface area contributed by atoms with Crippen molar-refractivity contribution in [3.63, 3.8) is 0 Å². The largest absolute Gasteiger partial charge is 0.481 e. The van der Waals surface area contributed by atoms with E-state index < -0.39 is 16.8 Å². The van der Waals surface area contributed by atoms with Gasteiger partial charge in [0.1, 0.15) is 0 Å². The second-order valence-corrected chi connectivity index (χ2v) is 5.76. The van der Waals surface area contributed by atoms with Crippen molar-refractivity contribution in [2.45, 2.75) is 12.8 Å². The predicted octanol–water partition coefficient (Wildman–Crippen LogP) is -0.129. The minimum atomic E-state index is -0.909. The lowest BCUT2D eigenvalue weighted by molar-refractivity contribution is -0.138. The van der Waals surface area contributed by atoms with Gasteiger partial charge in [0.05, 0.1) is 0 Å². The van der Waals surface area contributed by atoms with Gasteiger partial charge in [-0.3, -0.25) is 9.00 Å². The van der Waals surface area contributed by atoms with E-state index in [1.807, 2.05) is 0 Å². The lowest BCUT2D eigenvalue weighted by Gasteiger charge is -2.16. The molecule has 1 fully saturated rings. The summed E-state index contributed by atoms with van der Waals surface area (Å²) in [6.07, 6.45) is 2.44. The van der Waals surface area contributed by atoms with Crippen molar-refractivity contribution in [3.8, 4) is 0 Å². The van der Waals surface area contributed by atoms with Crippen LogP contribution in [0.25, 0.3) is 0 Å². The smallest absolute Gasteiger partial charge is 0.317 e. The number of rotatable bonds is 5. The van der Waals surface area contributed by atoms with E-state index in [9.17, 15) is 13.8 Å². The maximum absolute atomic E-state index is 11.6. The highest BCUT2D eigenvalue weighted by molar-refractivity contribution is 7.84. The van der Waals surface area contributed by atoms with E-state index in [0.717, 1.165) is 6.42 Å². The van der Waals surface area contributed by atoms with Crippen molar-refractivity contribution < 1.29 is 18.9 Å². The molecule has 1 aliphatic rings. The molecule has 7 heteroatoms. The van der Waals surface area contributed by atoms with Crippen LogP contribution in [-0.2, 0) is 15.6 Å². The van der Waals surface area contributed by atoms with Crippen LogP contribution < -0.4 is 5.32 Å². The number of carboxylic acid groups (broad SMARTS) is 1. The second kappa shape index (κ2) is 6.58. The summed E-state index contributed by atoms with van der Waals surface area (Å²) < 4.78 is 10.8. The van der Waals surface area contributed by atoms with Gasteiger partial charge in [-0.15, -0.1) is 0 Å². The van der Waals surface area contributed by atoms with Crippen LogP contribution in [0.3, 0.4) is 0 Å². The first kappa shape index (κ1) is 14.0. The molecule has 0 bridgehead atoms. The Hall–Kier alpha value is -1.11. The lowest BCUT2D eigenvalue weighted by Crippen LogP contribution is -2.40. The Labute approximate surface area is 103 Å². The molecule has 0 saturated carbocycles. The van der Waals surface area contributed by atoms with Crippen LogP contribution in [0.4, 0.5) is 4.79 Å². The van der Waals surface area contributed by atoms with E-state index in [1.54, 1.807) is 11.2 Å². The van der Waals surface area contributed by atoms with Gasteiger partial charge >= 0.3 is 12.0 Å². The first-order valence-corrected chi connectivity index (χ1v) is 7.26. The summed E-state index contributed by atoms with van der Waals surface area (Å²) in [4.78, 5) is 23.8. The van der Waals surface area contributed by atoms with Gasteiger partial charge in [0.25, 0.3) is 0 Å². The van der Waals surface area contributed by atoms with Gasteiger partial charge in [-0.2, -0.15) is 0 Å². The number of urea groups is 1. The highest BCUT2D eigenvalue weighted by Crippen LogP contribution is 2.19. The van der Waals surface area contributed by atoms with E-state index in [0.29, 0.717) is 25.4 Å². The fourth-order valence-corrected chi connectivity index (χ4v) is 2.23. The molecule has 0 spiro atoms. The van der Waals surface area contributed by atoms with Crippen molar-refractivity contribution in [2.75, 3.05) is 31.6 Å². The van der Waals surface area contributed by atoms with E-state index in [1.165, 1.54) is 0 Å².